The van der Waals surface area contributed by atoms with Crippen LogP contribution in [-0.2, 0) is 10.0 Å². The summed E-state index contributed by atoms with van der Waals surface area (Å²) in [6, 6.07) is 12.0. The lowest BCUT2D eigenvalue weighted by molar-refractivity contribution is 0.0698. The van der Waals surface area contributed by atoms with E-state index in [0.29, 0.717) is 42.2 Å². The van der Waals surface area contributed by atoms with E-state index in [1.807, 2.05) is 0 Å². The molecule has 1 aliphatic rings. The fourth-order valence-corrected chi connectivity index (χ4v) is 5.57. The number of hydrogen-bond acceptors (Lipinski definition) is 7. The number of benzene rings is 2. The molecule has 1 aliphatic heterocycles. The van der Waals surface area contributed by atoms with Crippen molar-refractivity contribution in [1.82, 2.24) is 18.0 Å². The monoisotopic (exact) mass is 460 g/mol. The molecule has 1 fully saturated rings. The first-order valence-corrected chi connectivity index (χ1v) is 12.3. The Balaban J connectivity index is 1.41. The molecule has 4 rings (SSSR count). The standard InChI is InChI=1S/C21H24N4O4S2/c1-15(2)14-29-17-8-6-16(7-9-17)21(26)24-10-12-25(13-11-24)31(27,28)19-5-3-4-18-20(19)23-30-22-18/h3-9,15H,10-14H2,1-2H3. The zero-order chi connectivity index (χ0) is 22.0. The molecule has 3 aromatic rings. The second-order valence-electron chi connectivity index (χ2n) is 7.81. The zero-order valence-electron chi connectivity index (χ0n) is 17.4. The molecule has 8 nitrogen and oxygen atoms in total. The molecule has 0 radical (unpaired) electrons. The predicted molar refractivity (Wildman–Crippen MR) is 119 cm³/mol. The van der Waals surface area contributed by atoms with E-state index in [1.165, 1.54) is 4.31 Å². The number of nitrogens with zero attached hydrogens (tertiary/aromatic N) is 4. The summed E-state index contributed by atoms with van der Waals surface area (Å²) in [5.74, 6) is 1.04. The number of sulfonamides is 1. The highest BCUT2D eigenvalue weighted by atomic mass is 32.2. The van der Waals surface area contributed by atoms with Crippen LogP contribution in [0.3, 0.4) is 0 Å². The van der Waals surface area contributed by atoms with Crippen molar-refractivity contribution in [3.8, 4) is 5.75 Å². The van der Waals surface area contributed by atoms with Gasteiger partial charge < -0.3 is 9.64 Å². The molecule has 1 saturated heterocycles. The van der Waals surface area contributed by atoms with Crippen LogP contribution < -0.4 is 4.74 Å². The van der Waals surface area contributed by atoms with Crippen LogP contribution in [0.1, 0.15) is 24.2 Å². The van der Waals surface area contributed by atoms with E-state index < -0.39 is 10.0 Å². The van der Waals surface area contributed by atoms with Gasteiger partial charge in [0.15, 0.2) is 0 Å². The Morgan fingerprint density at radius 2 is 1.77 bits per heavy atom. The molecule has 1 amide bonds. The Morgan fingerprint density at radius 3 is 2.45 bits per heavy atom. The minimum atomic E-state index is -3.71. The van der Waals surface area contributed by atoms with E-state index in [4.69, 9.17) is 4.74 Å². The molecule has 0 aliphatic carbocycles. The molecule has 0 spiro atoms. The van der Waals surface area contributed by atoms with Gasteiger partial charge in [0.25, 0.3) is 5.91 Å². The number of fused-ring (bicyclic) bond motifs is 1. The number of aromatic nitrogens is 2. The van der Waals surface area contributed by atoms with Crippen LogP contribution >= 0.6 is 11.7 Å². The highest BCUT2D eigenvalue weighted by molar-refractivity contribution is 7.89. The molecule has 10 heteroatoms. The van der Waals surface area contributed by atoms with Crippen molar-refractivity contribution in [2.75, 3.05) is 32.8 Å². The molecule has 0 saturated carbocycles. The molecule has 0 unspecified atom stereocenters. The number of carbonyl (C=O) groups is 1. The molecular formula is C21H24N4O4S2. The number of ether oxygens (including phenoxy) is 1. The van der Waals surface area contributed by atoms with E-state index in [9.17, 15) is 13.2 Å². The summed E-state index contributed by atoms with van der Waals surface area (Å²) in [6.07, 6.45) is 0. The highest BCUT2D eigenvalue weighted by Crippen LogP contribution is 2.25. The second-order valence-corrected chi connectivity index (χ2v) is 10.2. The van der Waals surface area contributed by atoms with Gasteiger partial charge in [-0.3, -0.25) is 4.79 Å². The third-order valence-electron chi connectivity index (χ3n) is 5.08. The summed E-state index contributed by atoms with van der Waals surface area (Å²) >= 11 is 0.992. The fraction of sp³-hybridized carbons (Fsp3) is 0.381. The molecule has 1 aromatic heterocycles. The predicted octanol–water partition coefficient (Wildman–Crippen LogP) is 2.87. The van der Waals surface area contributed by atoms with Crippen molar-refractivity contribution >= 4 is 38.7 Å². The van der Waals surface area contributed by atoms with Crippen LogP contribution in [-0.4, -0.2) is 65.1 Å². The van der Waals surface area contributed by atoms with Gasteiger partial charge in [-0.2, -0.15) is 13.1 Å². The summed E-state index contributed by atoms with van der Waals surface area (Å²) in [4.78, 5) is 14.7. The molecule has 2 heterocycles. The van der Waals surface area contributed by atoms with Crippen molar-refractivity contribution in [2.24, 2.45) is 5.92 Å². The zero-order valence-corrected chi connectivity index (χ0v) is 19.0. The van der Waals surface area contributed by atoms with Gasteiger partial charge in [-0.15, -0.1) is 0 Å². The maximum absolute atomic E-state index is 13.1. The van der Waals surface area contributed by atoms with E-state index in [0.717, 1.165) is 17.5 Å². The van der Waals surface area contributed by atoms with Gasteiger partial charge >= 0.3 is 0 Å². The highest BCUT2D eigenvalue weighted by Gasteiger charge is 2.32. The lowest BCUT2D eigenvalue weighted by Gasteiger charge is -2.34. The van der Waals surface area contributed by atoms with E-state index in [2.05, 4.69) is 22.6 Å². The maximum Gasteiger partial charge on any atom is 0.253 e. The minimum Gasteiger partial charge on any atom is -0.493 e. The molecule has 164 valence electrons. The van der Waals surface area contributed by atoms with Crippen LogP contribution in [0, 0.1) is 5.92 Å². The SMILES string of the molecule is CC(C)COc1ccc(C(=O)N2CCN(S(=O)(=O)c3cccc4nsnc34)CC2)cc1. The van der Waals surface area contributed by atoms with Crippen molar-refractivity contribution in [3.05, 3.63) is 48.0 Å². The summed E-state index contributed by atoms with van der Waals surface area (Å²) in [5, 5.41) is 0. The summed E-state index contributed by atoms with van der Waals surface area (Å²) in [7, 11) is -3.71. The number of amides is 1. The van der Waals surface area contributed by atoms with Crippen LogP contribution in [0.25, 0.3) is 11.0 Å². The normalized spacial score (nSPS) is 15.5. The average Bonchev–Trinajstić information content (AvgIpc) is 3.26. The third kappa shape index (κ3) is 4.56. The second kappa shape index (κ2) is 8.89. The Bertz CT molecular complexity index is 1170. The lowest BCUT2D eigenvalue weighted by atomic mass is 10.1. The van der Waals surface area contributed by atoms with Crippen LogP contribution in [0.4, 0.5) is 0 Å². The fourth-order valence-electron chi connectivity index (χ4n) is 3.40. The topological polar surface area (TPSA) is 92.7 Å². The Hall–Kier alpha value is -2.56. The Labute approximate surface area is 185 Å². The number of carbonyl (C=O) groups excluding carboxylic acids is 1. The molecule has 31 heavy (non-hydrogen) atoms. The van der Waals surface area contributed by atoms with E-state index in [1.54, 1.807) is 47.4 Å². The van der Waals surface area contributed by atoms with Crippen LogP contribution in [0.5, 0.6) is 5.75 Å². The van der Waals surface area contributed by atoms with Crippen molar-refractivity contribution < 1.29 is 17.9 Å². The van der Waals surface area contributed by atoms with Gasteiger partial charge in [0, 0.05) is 31.7 Å². The van der Waals surface area contributed by atoms with Crippen LogP contribution in [0.2, 0.25) is 0 Å². The maximum atomic E-state index is 13.1. The van der Waals surface area contributed by atoms with Gasteiger partial charge in [0.1, 0.15) is 21.7 Å². The third-order valence-corrected chi connectivity index (χ3v) is 7.55. The van der Waals surface area contributed by atoms with Gasteiger partial charge in [-0.25, -0.2) is 8.42 Å². The van der Waals surface area contributed by atoms with Crippen molar-refractivity contribution in [1.29, 1.82) is 0 Å². The molecule has 0 N–H and O–H groups in total. The minimum absolute atomic E-state index is 0.113. The first kappa shape index (κ1) is 21.7. The Morgan fingerprint density at radius 1 is 1.06 bits per heavy atom. The van der Waals surface area contributed by atoms with Crippen molar-refractivity contribution in [3.63, 3.8) is 0 Å². The van der Waals surface area contributed by atoms with Crippen molar-refractivity contribution in [2.45, 2.75) is 18.7 Å². The number of piperazine rings is 1. The Kier molecular flexibility index (Phi) is 6.22. The average molecular weight is 461 g/mol. The molecule has 0 bridgehead atoms. The first-order valence-electron chi connectivity index (χ1n) is 10.1. The quantitative estimate of drug-likeness (QED) is 0.562. The molecule has 2 aromatic carbocycles. The van der Waals surface area contributed by atoms with Gasteiger partial charge in [0.05, 0.1) is 18.3 Å². The molecular weight excluding hydrogens is 436 g/mol. The summed E-state index contributed by atoms with van der Waals surface area (Å²) in [6.45, 7) is 5.89. The smallest absolute Gasteiger partial charge is 0.253 e. The van der Waals surface area contributed by atoms with Gasteiger partial charge in [-0.1, -0.05) is 19.9 Å². The summed E-state index contributed by atoms with van der Waals surface area (Å²) in [5.41, 5.74) is 1.53. The van der Waals surface area contributed by atoms with E-state index >= 15 is 0 Å². The van der Waals surface area contributed by atoms with Crippen LogP contribution in [0.15, 0.2) is 47.4 Å². The first-order chi connectivity index (χ1) is 14.9. The largest absolute Gasteiger partial charge is 0.493 e. The van der Waals surface area contributed by atoms with Gasteiger partial charge in [0.2, 0.25) is 10.0 Å². The lowest BCUT2D eigenvalue weighted by Crippen LogP contribution is -2.50. The van der Waals surface area contributed by atoms with Gasteiger partial charge in [-0.05, 0) is 42.3 Å². The molecule has 0 atom stereocenters. The number of rotatable bonds is 6. The number of hydrogen-bond donors (Lipinski definition) is 0. The summed E-state index contributed by atoms with van der Waals surface area (Å²) < 4.78 is 41.6. The van der Waals surface area contributed by atoms with E-state index in [-0.39, 0.29) is 23.9 Å².